The molecule has 0 aliphatic heterocycles. The van der Waals surface area contributed by atoms with E-state index in [4.69, 9.17) is 10.5 Å². The maximum absolute atomic E-state index is 10.7. The Morgan fingerprint density at radius 3 is 2.42 bits per heavy atom. The number of hydrogen-bond acceptors (Lipinski definition) is 6. The maximum atomic E-state index is 10.7. The van der Waals surface area contributed by atoms with Crippen LogP contribution in [0.4, 0.5) is 5.69 Å². The second-order valence-corrected chi connectivity index (χ2v) is 5.10. The molecule has 1 aromatic heterocycles. The predicted molar refractivity (Wildman–Crippen MR) is 87.5 cm³/mol. The van der Waals surface area contributed by atoms with Gasteiger partial charge in [0.1, 0.15) is 11.6 Å². The van der Waals surface area contributed by atoms with Crippen molar-refractivity contribution in [3.8, 4) is 17.1 Å². The van der Waals surface area contributed by atoms with Crippen molar-refractivity contribution in [2.75, 3.05) is 7.11 Å². The molecule has 0 saturated carbocycles. The van der Waals surface area contributed by atoms with Crippen molar-refractivity contribution in [1.29, 1.82) is 0 Å². The van der Waals surface area contributed by atoms with Gasteiger partial charge in [-0.3, -0.25) is 15.2 Å². The third-order valence-corrected chi connectivity index (χ3v) is 3.61. The van der Waals surface area contributed by atoms with Crippen molar-refractivity contribution < 1.29 is 9.66 Å². The van der Waals surface area contributed by atoms with Gasteiger partial charge in [-0.15, -0.1) is 0 Å². The number of aromatic nitrogens is 3. The zero-order valence-electron chi connectivity index (χ0n) is 12.8. The quantitative estimate of drug-likeness (QED) is 0.549. The molecule has 1 atom stereocenters. The van der Waals surface area contributed by atoms with Crippen molar-refractivity contribution in [3.63, 3.8) is 0 Å². The molecule has 24 heavy (non-hydrogen) atoms. The smallest absolute Gasteiger partial charge is 0.269 e. The van der Waals surface area contributed by atoms with Crippen LogP contribution in [0.25, 0.3) is 11.4 Å². The zero-order valence-corrected chi connectivity index (χ0v) is 12.8. The van der Waals surface area contributed by atoms with Gasteiger partial charge in [0.25, 0.3) is 5.69 Å². The molecule has 0 spiro atoms. The van der Waals surface area contributed by atoms with Gasteiger partial charge in [-0.25, -0.2) is 4.98 Å². The van der Waals surface area contributed by atoms with E-state index in [-0.39, 0.29) is 5.69 Å². The molecule has 0 aliphatic carbocycles. The zero-order chi connectivity index (χ0) is 17.1. The van der Waals surface area contributed by atoms with Crippen LogP contribution in [-0.2, 0) is 0 Å². The third-order valence-electron chi connectivity index (χ3n) is 3.61. The Labute approximate surface area is 137 Å². The highest BCUT2D eigenvalue weighted by atomic mass is 16.6. The van der Waals surface area contributed by atoms with E-state index >= 15 is 0 Å². The van der Waals surface area contributed by atoms with Crippen LogP contribution in [0.15, 0.2) is 48.5 Å². The van der Waals surface area contributed by atoms with E-state index in [0.29, 0.717) is 17.2 Å². The summed E-state index contributed by atoms with van der Waals surface area (Å²) in [5.41, 5.74) is 7.75. The number of nitrogens with two attached hydrogens (primary N) is 1. The van der Waals surface area contributed by atoms with Gasteiger partial charge in [0.05, 0.1) is 18.1 Å². The number of H-pyrrole nitrogens is 1. The van der Waals surface area contributed by atoms with Crippen LogP contribution in [0.1, 0.15) is 17.4 Å². The first-order valence-corrected chi connectivity index (χ1v) is 7.15. The number of non-ortho nitro benzene ring substituents is 1. The van der Waals surface area contributed by atoms with E-state index in [0.717, 1.165) is 11.3 Å². The van der Waals surface area contributed by atoms with Crippen molar-refractivity contribution in [3.05, 3.63) is 70.0 Å². The summed E-state index contributed by atoms with van der Waals surface area (Å²) in [5.74, 6) is 1.69. The van der Waals surface area contributed by atoms with Gasteiger partial charge < -0.3 is 10.5 Å². The summed E-state index contributed by atoms with van der Waals surface area (Å²) in [6.07, 6.45) is 0. The van der Waals surface area contributed by atoms with Crippen molar-refractivity contribution in [2.45, 2.75) is 6.04 Å². The molecular formula is C16H15N5O3. The first-order valence-electron chi connectivity index (χ1n) is 7.15. The number of nitro groups is 1. The van der Waals surface area contributed by atoms with Crippen LogP contribution in [0.3, 0.4) is 0 Å². The minimum absolute atomic E-state index is 0.0180. The van der Waals surface area contributed by atoms with Gasteiger partial charge in [0, 0.05) is 17.7 Å². The Balaban J connectivity index is 1.82. The summed E-state index contributed by atoms with van der Waals surface area (Å²) in [5, 5.41) is 17.6. The first-order chi connectivity index (χ1) is 11.6. The number of hydrogen-bond donors (Lipinski definition) is 2. The molecule has 8 nitrogen and oxygen atoms in total. The lowest BCUT2D eigenvalue weighted by Crippen LogP contribution is -2.13. The molecule has 3 rings (SSSR count). The molecule has 0 radical (unpaired) electrons. The second kappa shape index (κ2) is 6.47. The number of benzene rings is 2. The molecule has 1 heterocycles. The normalized spacial score (nSPS) is 11.9. The Hall–Kier alpha value is -3.26. The largest absolute Gasteiger partial charge is 0.497 e. The molecule has 0 amide bonds. The fraction of sp³-hybridized carbons (Fsp3) is 0.125. The van der Waals surface area contributed by atoms with E-state index < -0.39 is 11.0 Å². The molecular weight excluding hydrogens is 310 g/mol. The highest BCUT2D eigenvalue weighted by Gasteiger charge is 2.15. The average Bonchev–Trinajstić information content (AvgIpc) is 3.11. The fourth-order valence-electron chi connectivity index (χ4n) is 2.24. The van der Waals surface area contributed by atoms with Gasteiger partial charge in [0.2, 0.25) is 0 Å². The Morgan fingerprint density at radius 2 is 1.83 bits per heavy atom. The molecule has 0 fully saturated rings. The lowest BCUT2D eigenvalue weighted by molar-refractivity contribution is -0.384. The number of rotatable bonds is 5. The highest BCUT2D eigenvalue weighted by molar-refractivity contribution is 5.57. The number of nitrogens with one attached hydrogen (secondary N) is 1. The molecule has 0 bridgehead atoms. The monoisotopic (exact) mass is 325 g/mol. The minimum Gasteiger partial charge on any atom is -0.497 e. The SMILES string of the molecule is COc1ccc(C(N)c2nc(-c3ccc([N+](=O)[O-])cc3)n[nH]2)cc1. The van der Waals surface area contributed by atoms with Gasteiger partial charge in [-0.1, -0.05) is 12.1 Å². The van der Waals surface area contributed by atoms with Crippen LogP contribution in [0.5, 0.6) is 5.75 Å². The second-order valence-electron chi connectivity index (χ2n) is 5.10. The molecule has 8 heteroatoms. The fourth-order valence-corrected chi connectivity index (χ4v) is 2.24. The number of ether oxygens (including phenoxy) is 1. The molecule has 1 unspecified atom stereocenters. The average molecular weight is 325 g/mol. The van der Waals surface area contributed by atoms with Crippen LogP contribution in [0.2, 0.25) is 0 Å². The van der Waals surface area contributed by atoms with Crippen LogP contribution >= 0.6 is 0 Å². The van der Waals surface area contributed by atoms with E-state index in [2.05, 4.69) is 15.2 Å². The predicted octanol–water partition coefficient (Wildman–Crippen LogP) is 2.44. The van der Waals surface area contributed by atoms with E-state index in [9.17, 15) is 10.1 Å². The molecule has 0 aliphatic rings. The Bertz CT molecular complexity index is 843. The molecule has 3 N–H and O–H groups in total. The number of nitro benzene ring substituents is 1. The number of methoxy groups -OCH3 is 1. The Morgan fingerprint density at radius 1 is 1.17 bits per heavy atom. The summed E-state index contributed by atoms with van der Waals surface area (Å²) in [4.78, 5) is 14.6. The van der Waals surface area contributed by atoms with Crippen molar-refractivity contribution in [2.24, 2.45) is 5.73 Å². The van der Waals surface area contributed by atoms with Gasteiger partial charge >= 0.3 is 0 Å². The van der Waals surface area contributed by atoms with Gasteiger partial charge in [0.15, 0.2) is 5.82 Å². The molecule has 122 valence electrons. The van der Waals surface area contributed by atoms with E-state index in [1.165, 1.54) is 12.1 Å². The molecule has 3 aromatic rings. The first kappa shape index (κ1) is 15.6. The van der Waals surface area contributed by atoms with E-state index in [1.54, 1.807) is 19.2 Å². The molecule has 0 saturated heterocycles. The van der Waals surface area contributed by atoms with Crippen LogP contribution < -0.4 is 10.5 Å². The lowest BCUT2D eigenvalue weighted by Gasteiger charge is -2.09. The minimum atomic E-state index is -0.463. The Kier molecular flexibility index (Phi) is 4.21. The molecule has 2 aromatic carbocycles. The van der Waals surface area contributed by atoms with Crippen molar-refractivity contribution in [1.82, 2.24) is 15.2 Å². The van der Waals surface area contributed by atoms with Gasteiger partial charge in [-0.05, 0) is 29.8 Å². The summed E-state index contributed by atoms with van der Waals surface area (Å²) in [7, 11) is 1.60. The van der Waals surface area contributed by atoms with Crippen molar-refractivity contribution >= 4 is 5.69 Å². The standard InChI is InChI=1S/C16H15N5O3/c1-24-13-8-4-10(5-9-13)14(17)16-18-15(19-20-16)11-2-6-12(7-3-11)21(22)23/h2-9,14H,17H2,1H3,(H,18,19,20). The lowest BCUT2D eigenvalue weighted by atomic mass is 10.1. The topological polar surface area (TPSA) is 120 Å². The summed E-state index contributed by atoms with van der Waals surface area (Å²) in [6.45, 7) is 0. The number of aromatic amines is 1. The summed E-state index contributed by atoms with van der Waals surface area (Å²) in [6, 6.07) is 12.9. The summed E-state index contributed by atoms with van der Waals surface area (Å²) >= 11 is 0. The third kappa shape index (κ3) is 3.08. The highest BCUT2D eigenvalue weighted by Crippen LogP contribution is 2.23. The number of nitrogens with zero attached hydrogens (tertiary/aromatic N) is 3. The van der Waals surface area contributed by atoms with E-state index in [1.807, 2.05) is 24.3 Å². The van der Waals surface area contributed by atoms with Crippen LogP contribution in [0, 0.1) is 10.1 Å². The summed E-state index contributed by atoms with van der Waals surface area (Å²) < 4.78 is 5.12. The van der Waals surface area contributed by atoms with Gasteiger partial charge in [-0.2, -0.15) is 5.10 Å². The maximum Gasteiger partial charge on any atom is 0.269 e. The van der Waals surface area contributed by atoms with Crippen LogP contribution in [-0.4, -0.2) is 27.2 Å².